The second kappa shape index (κ2) is 6.48. The number of aryl methyl sites for hydroxylation is 2. The van der Waals surface area contributed by atoms with Crippen molar-refractivity contribution in [3.8, 4) is 0 Å². The third-order valence-corrected chi connectivity index (χ3v) is 4.96. The predicted octanol–water partition coefficient (Wildman–Crippen LogP) is 4.11. The van der Waals surface area contributed by atoms with Gasteiger partial charge in [0.2, 0.25) is 0 Å². The number of aromatic nitrogens is 2. The molecule has 2 heterocycles. The van der Waals surface area contributed by atoms with Gasteiger partial charge in [-0.25, -0.2) is 0 Å². The largest absolute Gasteiger partial charge is 0.348 e. The standard InChI is InChI=1S/C21H23N3O2/c1-3-9-23-10-8-15-12-16(4-7-19(15)23)22-21(26)18-13-24(17-5-6-17)14(2)11-20(18)25/h4,7-8,10-13,17H,3,5-6,9H2,1-2H3,(H,22,26). The predicted molar refractivity (Wildman–Crippen MR) is 104 cm³/mol. The Bertz CT molecular complexity index is 1040. The van der Waals surface area contributed by atoms with Crippen molar-refractivity contribution in [2.45, 2.75) is 45.7 Å². The molecular formula is C21H23N3O2. The quantitative estimate of drug-likeness (QED) is 0.754. The van der Waals surface area contributed by atoms with Gasteiger partial charge in [0.25, 0.3) is 5.91 Å². The van der Waals surface area contributed by atoms with Crippen molar-refractivity contribution >= 4 is 22.5 Å². The zero-order valence-electron chi connectivity index (χ0n) is 15.2. The number of nitrogens with zero attached hydrogens (tertiary/aromatic N) is 2. The Morgan fingerprint density at radius 3 is 2.77 bits per heavy atom. The number of hydrogen-bond donors (Lipinski definition) is 1. The first-order valence-corrected chi connectivity index (χ1v) is 9.20. The molecule has 0 atom stereocenters. The molecule has 2 aromatic heterocycles. The maximum atomic E-state index is 12.7. The summed E-state index contributed by atoms with van der Waals surface area (Å²) in [5.74, 6) is -0.350. The van der Waals surface area contributed by atoms with Crippen molar-refractivity contribution in [1.29, 1.82) is 0 Å². The summed E-state index contributed by atoms with van der Waals surface area (Å²) in [6, 6.07) is 9.89. The van der Waals surface area contributed by atoms with Crippen LogP contribution in [0, 0.1) is 6.92 Å². The molecular weight excluding hydrogens is 326 g/mol. The molecule has 1 amide bonds. The number of carbonyl (C=O) groups is 1. The molecule has 1 saturated carbocycles. The molecule has 1 fully saturated rings. The number of carbonyl (C=O) groups excluding carboxylic acids is 1. The summed E-state index contributed by atoms with van der Waals surface area (Å²) >= 11 is 0. The minimum Gasteiger partial charge on any atom is -0.348 e. The van der Waals surface area contributed by atoms with E-state index in [0.29, 0.717) is 11.7 Å². The van der Waals surface area contributed by atoms with Crippen LogP contribution in [0.15, 0.2) is 47.5 Å². The van der Waals surface area contributed by atoms with Crippen LogP contribution in [-0.2, 0) is 6.54 Å². The third-order valence-electron chi connectivity index (χ3n) is 4.96. The van der Waals surface area contributed by atoms with Gasteiger partial charge < -0.3 is 14.5 Å². The summed E-state index contributed by atoms with van der Waals surface area (Å²) < 4.78 is 4.25. The Hall–Kier alpha value is -2.82. The maximum Gasteiger partial charge on any atom is 0.261 e. The molecule has 134 valence electrons. The van der Waals surface area contributed by atoms with Crippen molar-refractivity contribution < 1.29 is 4.79 Å². The van der Waals surface area contributed by atoms with Crippen LogP contribution >= 0.6 is 0 Å². The molecule has 1 aliphatic rings. The number of benzene rings is 1. The first kappa shape index (κ1) is 16.6. The van der Waals surface area contributed by atoms with Crippen molar-refractivity contribution in [2.24, 2.45) is 0 Å². The lowest BCUT2D eigenvalue weighted by Gasteiger charge is -2.12. The zero-order chi connectivity index (χ0) is 18.3. The van der Waals surface area contributed by atoms with Gasteiger partial charge in [-0.05, 0) is 50.5 Å². The fraction of sp³-hybridized carbons (Fsp3) is 0.333. The zero-order valence-corrected chi connectivity index (χ0v) is 15.2. The number of pyridine rings is 1. The smallest absolute Gasteiger partial charge is 0.261 e. The van der Waals surface area contributed by atoms with E-state index in [1.165, 1.54) is 0 Å². The summed E-state index contributed by atoms with van der Waals surface area (Å²) in [4.78, 5) is 24.9. The van der Waals surface area contributed by atoms with Gasteiger partial charge in [0.05, 0.1) is 0 Å². The van der Waals surface area contributed by atoms with E-state index < -0.39 is 0 Å². The average Bonchev–Trinajstić information content (AvgIpc) is 3.37. The highest BCUT2D eigenvalue weighted by atomic mass is 16.2. The molecule has 0 radical (unpaired) electrons. The summed E-state index contributed by atoms with van der Waals surface area (Å²) in [6.45, 7) is 5.03. The molecule has 26 heavy (non-hydrogen) atoms. The van der Waals surface area contributed by atoms with Crippen LogP contribution in [0.3, 0.4) is 0 Å². The monoisotopic (exact) mass is 349 g/mol. The van der Waals surface area contributed by atoms with Gasteiger partial charge in [0.15, 0.2) is 5.43 Å². The van der Waals surface area contributed by atoms with Crippen molar-refractivity contribution in [3.05, 3.63) is 64.2 Å². The van der Waals surface area contributed by atoms with Gasteiger partial charge in [-0.3, -0.25) is 9.59 Å². The van der Waals surface area contributed by atoms with Crippen molar-refractivity contribution in [1.82, 2.24) is 9.13 Å². The number of amides is 1. The summed E-state index contributed by atoms with van der Waals surface area (Å²) in [5.41, 5.74) is 2.73. The topological polar surface area (TPSA) is 56.0 Å². The fourth-order valence-electron chi connectivity index (χ4n) is 3.48. The van der Waals surface area contributed by atoms with Gasteiger partial charge in [-0.1, -0.05) is 6.92 Å². The summed E-state index contributed by atoms with van der Waals surface area (Å²) in [7, 11) is 0. The van der Waals surface area contributed by atoms with Crippen molar-refractivity contribution in [2.75, 3.05) is 5.32 Å². The second-order valence-corrected chi connectivity index (χ2v) is 7.07. The highest BCUT2D eigenvalue weighted by Gasteiger charge is 2.25. The SMILES string of the molecule is CCCn1ccc2cc(NC(=O)c3cn(C4CC4)c(C)cc3=O)ccc21. The Balaban J connectivity index is 1.61. The Kier molecular flexibility index (Phi) is 4.15. The number of fused-ring (bicyclic) bond motifs is 1. The van der Waals surface area contributed by atoms with Crippen molar-refractivity contribution in [3.63, 3.8) is 0 Å². The van der Waals surface area contributed by atoms with Crippen LogP contribution in [0.25, 0.3) is 10.9 Å². The molecule has 0 spiro atoms. The van der Waals surface area contributed by atoms with Gasteiger partial charge in [-0.2, -0.15) is 0 Å². The van der Waals surface area contributed by atoms with Crippen LogP contribution in [0.4, 0.5) is 5.69 Å². The summed E-state index contributed by atoms with van der Waals surface area (Å²) in [5, 5.41) is 3.96. The van der Waals surface area contributed by atoms with Gasteiger partial charge in [-0.15, -0.1) is 0 Å². The van der Waals surface area contributed by atoms with E-state index in [2.05, 4.69) is 23.0 Å². The lowest BCUT2D eigenvalue weighted by molar-refractivity contribution is 0.102. The Labute approximate surface area is 152 Å². The molecule has 1 aliphatic carbocycles. The van der Waals surface area contributed by atoms with Crippen LogP contribution in [-0.4, -0.2) is 15.0 Å². The second-order valence-electron chi connectivity index (χ2n) is 7.07. The van der Waals surface area contributed by atoms with E-state index in [1.807, 2.05) is 35.8 Å². The number of nitrogens with one attached hydrogen (secondary N) is 1. The van der Waals surface area contributed by atoms with E-state index >= 15 is 0 Å². The average molecular weight is 349 g/mol. The molecule has 3 aromatic rings. The third kappa shape index (κ3) is 3.05. The molecule has 0 bridgehead atoms. The maximum absolute atomic E-state index is 12.7. The molecule has 0 unspecified atom stereocenters. The molecule has 0 aliphatic heterocycles. The minimum atomic E-state index is -0.350. The van der Waals surface area contributed by atoms with E-state index in [1.54, 1.807) is 12.3 Å². The molecule has 1 N–H and O–H groups in total. The number of rotatable bonds is 5. The van der Waals surface area contributed by atoms with E-state index in [0.717, 1.165) is 42.4 Å². The number of anilines is 1. The van der Waals surface area contributed by atoms with Crippen LogP contribution in [0.2, 0.25) is 0 Å². The summed E-state index contributed by atoms with van der Waals surface area (Å²) in [6.07, 6.45) is 7.06. The van der Waals surface area contributed by atoms with Gasteiger partial charge >= 0.3 is 0 Å². The number of hydrogen-bond acceptors (Lipinski definition) is 2. The van der Waals surface area contributed by atoms with Crippen LogP contribution < -0.4 is 10.7 Å². The van der Waals surface area contributed by atoms with E-state index in [-0.39, 0.29) is 16.9 Å². The molecule has 5 nitrogen and oxygen atoms in total. The van der Waals surface area contributed by atoms with E-state index in [4.69, 9.17) is 0 Å². The molecule has 0 saturated heterocycles. The highest BCUT2D eigenvalue weighted by molar-refractivity contribution is 6.04. The van der Waals surface area contributed by atoms with E-state index in [9.17, 15) is 9.59 Å². The minimum absolute atomic E-state index is 0.200. The molecule has 1 aromatic carbocycles. The van der Waals surface area contributed by atoms with Crippen LogP contribution in [0.5, 0.6) is 0 Å². The van der Waals surface area contributed by atoms with Gasteiger partial charge in [0, 0.05) is 53.3 Å². The fourth-order valence-corrected chi connectivity index (χ4v) is 3.48. The Morgan fingerprint density at radius 1 is 1.23 bits per heavy atom. The lowest BCUT2D eigenvalue weighted by atomic mass is 10.2. The highest BCUT2D eigenvalue weighted by Crippen LogP contribution is 2.35. The van der Waals surface area contributed by atoms with Crippen LogP contribution in [0.1, 0.15) is 48.3 Å². The normalized spacial score (nSPS) is 13.9. The molecule has 4 rings (SSSR count). The first-order valence-electron chi connectivity index (χ1n) is 9.20. The molecule has 5 heteroatoms. The Morgan fingerprint density at radius 2 is 2.04 bits per heavy atom. The first-order chi connectivity index (χ1) is 12.6. The van der Waals surface area contributed by atoms with Gasteiger partial charge in [0.1, 0.15) is 5.56 Å². The lowest BCUT2D eigenvalue weighted by Crippen LogP contribution is -2.23.